The van der Waals surface area contributed by atoms with Crippen molar-refractivity contribution in [2.45, 2.75) is 44.6 Å². The molecule has 3 aliphatic rings. The first-order chi connectivity index (χ1) is 24.7. The van der Waals surface area contributed by atoms with Crippen molar-refractivity contribution in [2.24, 2.45) is 0 Å². The second-order valence-electron chi connectivity index (χ2n) is 12.7. The molecule has 3 fully saturated rings. The number of piperazine rings is 1. The number of amides is 2. The van der Waals surface area contributed by atoms with Crippen LogP contribution in [0.15, 0.2) is 79.4 Å². The van der Waals surface area contributed by atoms with Crippen molar-refractivity contribution in [2.75, 3.05) is 66.9 Å². The highest BCUT2D eigenvalue weighted by molar-refractivity contribution is 7.79. The molecule has 51 heavy (non-hydrogen) atoms. The Balaban J connectivity index is 0.00000220. The normalized spacial score (nSPS) is 22.1. The molecule has 0 spiro atoms. The number of aromatic nitrogens is 3. The van der Waals surface area contributed by atoms with Gasteiger partial charge in [0.25, 0.3) is 0 Å². The number of urea groups is 1. The highest BCUT2D eigenvalue weighted by Gasteiger charge is 2.46. The first-order valence-corrected chi connectivity index (χ1v) is 17.7. The quantitative estimate of drug-likeness (QED) is 0.225. The van der Waals surface area contributed by atoms with Gasteiger partial charge in [0.2, 0.25) is 0 Å². The second-order valence-corrected chi connectivity index (χ2v) is 12.7. The third kappa shape index (κ3) is 7.91. The van der Waals surface area contributed by atoms with E-state index >= 15 is 0 Å². The van der Waals surface area contributed by atoms with E-state index in [0.29, 0.717) is 5.75 Å². The lowest BCUT2D eigenvalue weighted by atomic mass is 9.94. The van der Waals surface area contributed by atoms with E-state index in [9.17, 15) is 18.7 Å². The Labute approximate surface area is 301 Å². The molecule has 0 bridgehead atoms. The summed E-state index contributed by atoms with van der Waals surface area (Å²) in [5.74, 6) is -0.767. The molecule has 272 valence electrons. The molecular formula is C36H43F2N7O5S. The predicted molar refractivity (Wildman–Crippen MR) is 192 cm³/mol. The molecule has 3 saturated heterocycles. The average molecular weight is 724 g/mol. The van der Waals surface area contributed by atoms with Crippen LogP contribution in [0.2, 0.25) is 0 Å². The van der Waals surface area contributed by atoms with Crippen LogP contribution in [-0.2, 0) is 21.6 Å². The lowest BCUT2D eigenvalue weighted by Gasteiger charge is -2.37. The van der Waals surface area contributed by atoms with Crippen molar-refractivity contribution in [3.05, 3.63) is 96.6 Å². The van der Waals surface area contributed by atoms with Crippen molar-refractivity contribution >= 4 is 35.7 Å². The van der Waals surface area contributed by atoms with Gasteiger partial charge in [-0.2, -0.15) is 17.7 Å². The molecule has 4 heterocycles. The lowest BCUT2D eigenvalue weighted by molar-refractivity contribution is -0.117. The molecule has 15 heteroatoms. The zero-order chi connectivity index (χ0) is 36.1. The Bertz CT molecular complexity index is 1740. The van der Waals surface area contributed by atoms with Crippen molar-refractivity contribution in [3.8, 4) is 5.75 Å². The molecule has 0 aliphatic carbocycles. The number of aliphatic hydroxyl groups is 1. The van der Waals surface area contributed by atoms with E-state index in [1.54, 1.807) is 11.2 Å². The highest BCUT2D eigenvalue weighted by Crippen LogP contribution is 2.37. The van der Waals surface area contributed by atoms with Gasteiger partial charge in [-0.05, 0) is 74.7 Å². The van der Waals surface area contributed by atoms with Crippen molar-refractivity contribution < 1.29 is 32.9 Å². The molecule has 3 atom stereocenters. The number of benzene rings is 3. The average Bonchev–Trinajstić information content (AvgIpc) is 3.88. The summed E-state index contributed by atoms with van der Waals surface area (Å²) >= 11 is 3.53. The van der Waals surface area contributed by atoms with Crippen LogP contribution in [0.25, 0.3) is 0 Å². The zero-order valence-corrected chi connectivity index (χ0v) is 29.7. The number of hydrogen-bond acceptors (Lipinski definition) is 10. The van der Waals surface area contributed by atoms with E-state index in [-0.39, 0.29) is 43.9 Å². The van der Waals surface area contributed by atoms with Gasteiger partial charge in [0.1, 0.15) is 48.5 Å². The number of rotatable bonds is 10. The Morgan fingerprint density at radius 3 is 2.16 bits per heavy atom. The fraction of sp³-hybridized carbons (Fsp3) is 0.417. The topological polar surface area (TPSA) is 109 Å². The summed E-state index contributed by atoms with van der Waals surface area (Å²) in [5.41, 5.74) is 1.88. The zero-order valence-electron chi connectivity index (χ0n) is 28.8. The molecule has 12 nitrogen and oxygen atoms in total. The first kappa shape index (κ1) is 36.4. The fourth-order valence-electron chi connectivity index (χ4n) is 6.73. The van der Waals surface area contributed by atoms with Crippen LogP contribution >= 0.6 is 12.6 Å². The van der Waals surface area contributed by atoms with E-state index in [1.807, 2.05) is 62.4 Å². The maximum atomic E-state index is 14.9. The Kier molecular flexibility index (Phi) is 11.3. The minimum absolute atomic E-state index is 0.0256. The van der Waals surface area contributed by atoms with Crippen molar-refractivity contribution in [1.82, 2.24) is 19.7 Å². The van der Waals surface area contributed by atoms with Crippen LogP contribution in [0, 0.1) is 11.6 Å². The van der Waals surface area contributed by atoms with Crippen LogP contribution < -0.4 is 19.4 Å². The largest absolute Gasteiger partial charge is 0.488 e. The first-order valence-electron chi connectivity index (χ1n) is 16.8. The summed E-state index contributed by atoms with van der Waals surface area (Å²) in [7, 11) is 0. The summed E-state index contributed by atoms with van der Waals surface area (Å²) in [5, 5.41) is 14.5. The second kappa shape index (κ2) is 15.8. The van der Waals surface area contributed by atoms with Gasteiger partial charge in [0.15, 0.2) is 6.29 Å². The van der Waals surface area contributed by atoms with Gasteiger partial charge in [0.05, 0.1) is 19.7 Å². The summed E-state index contributed by atoms with van der Waals surface area (Å²) in [6, 6.07) is 18.9. The minimum atomic E-state index is -1.24. The maximum absolute atomic E-state index is 14.9. The number of carbonyl (C=O) groups excluding carboxylic acids is 1. The van der Waals surface area contributed by atoms with E-state index in [2.05, 4.69) is 32.5 Å². The van der Waals surface area contributed by atoms with E-state index in [1.165, 1.54) is 34.4 Å². The number of halogens is 2. The van der Waals surface area contributed by atoms with Gasteiger partial charge in [-0.1, -0.05) is 6.07 Å². The molecule has 2 amide bonds. The predicted octanol–water partition coefficient (Wildman–Crippen LogP) is 4.75. The molecule has 1 unspecified atom stereocenters. The third-order valence-corrected chi connectivity index (χ3v) is 9.23. The smallest absolute Gasteiger partial charge is 0.326 e. The van der Waals surface area contributed by atoms with Gasteiger partial charge in [-0.3, -0.25) is 9.80 Å². The van der Waals surface area contributed by atoms with Gasteiger partial charge >= 0.3 is 6.03 Å². The fourth-order valence-corrected chi connectivity index (χ4v) is 6.73. The summed E-state index contributed by atoms with van der Waals surface area (Å²) in [6.45, 7) is 7.61. The number of anilines is 3. The van der Waals surface area contributed by atoms with Gasteiger partial charge < -0.3 is 29.1 Å². The molecule has 1 N–H and O–H groups in total. The van der Waals surface area contributed by atoms with Gasteiger partial charge in [-0.15, -0.1) is 0 Å². The van der Waals surface area contributed by atoms with Crippen LogP contribution in [0.1, 0.15) is 19.4 Å². The van der Waals surface area contributed by atoms with Crippen molar-refractivity contribution in [1.29, 1.82) is 0 Å². The molecule has 4 aromatic rings. The van der Waals surface area contributed by atoms with Crippen LogP contribution in [0.3, 0.4) is 0 Å². The standard InChI is InChI=1S/C35H39F2N7O5.CH4S/c1-24(2)44-32(45)18-43(34(44)46)28-6-4-26(5-7-28)40-13-15-41(16-14-40)27-8-10-29(11-9-27)47-19-33-48-21-35(49-33,20-42-23-38-22-39-42)30-12-3-25(36)17-31(30)37;1-2/h3-12,17,22-24,32-33,45H,13-16,18-21H2,1-2H3;2H,1H3/t32?,33-,35+;/m0./s1. The number of thiol groups is 1. The van der Waals surface area contributed by atoms with Crippen LogP contribution in [0.4, 0.5) is 30.6 Å². The van der Waals surface area contributed by atoms with Gasteiger partial charge in [-0.25, -0.2) is 23.2 Å². The molecular weight excluding hydrogens is 681 g/mol. The monoisotopic (exact) mass is 723 g/mol. The van der Waals surface area contributed by atoms with E-state index in [0.717, 1.165) is 49.3 Å². The van der Waals surface area contributed by atoms with E-state index < -0.39 is 29.8 Å². The summed E-state index contributed by atoms with van der Waals surface area (Å²) in [6.07, 6.45) is 2.98. The number of carbonyl (C=O) groups is 1. The molecule has 1 aromatic heterocycles. The lowest BCUT2D eigenvalue weighted by Crippen LogP contribution is -2.46. The Hall–Kier alpha value is -4.44. The molecule has 0 radical (unpaired) electrons. The number of hydrogen-bond donors (Lipinski definition) is 2. The maximum Gasteiger partial charge on any atom is 0.326 e. The summed E-state index contributed by atoms with van der Waals surface area (Å²) < 4.78 is 48.2. The number of β-amino-alcohol motifs (C(OH)–C–C–N with tert-alkyl or cyclic N) is 1. The SMILES string of the molecule is CC(C)N1C(=O)N(c2ccc(N3CCN(c4ccc(OC[C@H]5OC[C@](Cn6cncn6)(c6ccc(F)cc6F)O5)cc4)CC3)cc2)CC1O.CS. The highest BCUT2D eigenvalue weighted by atomic mass is 32.1. The minimum Gasteiger partial charge on any atom is -0.488 e. The molecule has 3 aliphatic heterocycles. The molecule has 3 aromatic carbocycles. The Morgan fingerprint density at radius 2 is 1.59 bits per heavy atom. The van der Waals surface area contributed by atoms with Gasteiger partial charge in [0, 0.05) is 60.9 Å². The molecule has 7 rings (SSSR count). The Morgan fingerprint density at radius 1 is 0.961 bits per heavy atom. The molecule has 0 saturated carbocycles. The third-order valence-electron chi connectivity index (χ3n) is 9.23. The van der Waals surface area contributed by atoms with Crippen LogP contribution in [-0.4, -0.2) is 102 Å². The number of ether oxygens (including phenoxy) is 3. The summed E-state index contributed by atoms with van der Waals surface area (Å²) in [4.78, 5) is 24.5. The van der Waals surface area contributed by atoms with Crippen molar-refractivity contribution in [3.63, 3.8) is 0 Å². The number of nitrogens with zero attached hydrogens (tertiary/aromatic N) is 7. The van der Waals surface area contributed by atoms with E-state index in [4.69, 9.17) is 14.2 Å². The van der Waals surface area contributed by atoms with Crippen LogP contribution in [0.5, 0.6) is 5.75 Å². The number of aliphatic hydroxyl groups excluding tert-OH is 1.